The molecule has 96 valence electrons. The van der Waals surface area contributed by atoms with Crippen molar-refractivity contribution in [1.82, 2.24) is 5.32 Å². The van der Waals surface area contributed by atoms with Crippen molar-refractivity contribution in [2.24, 2.45) is 0 Å². The summed E-state index contributed by atoms with van der Waals surface area (Å²) in [5, 5.41) is 11.0. The van der Waals surface area contributed by atoms with Crippen LogP contribution in [0.1, 0.15) is 24.2 Å². The molecular weight excluding hydrogens is 238 g/mol. The molecule has 0 bridgehead atoms. The number of rotatable bonds is 4. The maximum absolute atomic E-state index is 11.7. The van der Waals surface area contributed by atoms with E-state index in [1.54, 1.807) is 6.07 Å². The fourth-order valence-corrected chi connectivity index (χ4v) is 1.21. The summed E-state index contributed by atoms with van der Waals surface area (Å²) in [5.41, 5.74) is 0.224. The van der Waals surface area contributed by atoms with Gasteiger partial charge in [-0.05, 0) is 25.1 Å². The second-order valence-corrected chi connectivity index (χ2v) is 3.65. The molecule has 0 saturated carbocycles. The van der Waals surface area contributed by atoms with E-state index in [0.29, 0.717) is 0 Å². The third-order valence-corrected chi connectivity index (χ3v) is 2.08. The summed E-state index contributed by atoms with van der Waals surface area (Å²) in [5.74, 6) is -1.93. The van der Waals surface area contributed by atoms with E-state index in [0.717, 1.165) is 0 Å². The number of nitrogens with one attached hydrogen (secondary N) is 1. The van der Waals surface area contributed by atoms with Crippen LogP contribution in [-0.4, -0.2) is 29.0 Å². The molecule has 6 heteroatoms. The van der Waals surface area contributed by atoms with Gasteiger partial charge in [-0.3, -0.25) is 14.4 Å². The third-order valence-electron chi connectivity index (χ3n) is 2.08. The highest BCUT2D eigenvalue weighted by atomic mass is 16.5. The van der Waals surface area contributed by atoms with E-state index >= 15 is 0 Å². The molecule has 0 saturated heterocycles. The molecule has 1 aromatic rings. The first-order valence-corrected chi connectivity index (χ1v) is 5.22. The first-order valence-electron chi connectivity index (χ1n) is 5.22. The molecule has 0 aliphatic rings. The van der Waals surface area contributed by atoms with Crippen molar-refractivity contribution in [3.8, 4) is 5.75 Å². The maximum atomic E-state index is 11.7. The minimum Gasteiger partial charge on any atom is -0.480 e. The van der Waals surface area contributed by atoms with Crippen LogP contribution in [-0.2, 0) is 9.59 Å². The van der Waals surface area contributed by atoms with Gasteiger partial charge in [0.05, 0.1) is 0 Å². The van der Waals surface area contributed by atoms with Crippen molar-refractivity contribution in [3.05, 3.63) is 29.8 Å². The summed E-state index contributed by atoms with van der Waals surface area (Å²) < 4.78 is 4.82. The molecule has 0 aromatic heterocycles. The lowest BCUT2D eigenvalue weighted by molar-refractivity contribution is -0.138. The summed E-state index contributed by atoms with van der Waals surface area (Å²) in [7, 11) is 0. The van der Waals surface area contributed by atoms with Crippen molar-refractivity contribution in [2.45, 2.75) is 19.9 Å². The molecule has 0 spiro atoms. The lowest BCUT2D eigenvalue weighted by Gasteiger charge is -2.09. The summed E-state index contributed by atoms with van der Waals surface area (Å²) in [6, 6.07) is 4.94. The topological polar surface area (TPSA) is 92.7 Å². The van der Waals surface area contributed by atoms with Gasteiger partial charge in [-0.1, -0.05) is 6.07 Å². The van der Waals surface area contributed by atoms with Gasteiger partial charge in [0, 0.05) is 12.5 Å². The molecule has 18 heavy (non-hydrogen) atoms. The minimum absolute atomic E-state index is 0.224. The highest BCUT2D eigenvalue weighted by Gasteiger charge is 2.15. The fraction of sp³-hybridized carbons (Fsp3) is 0.250. The number of hydrogen-bond donors (Lipinski definition) is 2. The van der Waals surface area contributed by atoms with Crippen LogP contribution >= 0.6 is 0 Å². The van der Waals surface area contributed by atoms with Gasteiger partial charge in [-0.25, -0.2) is 0 Å². The van der Waals surface area contributed by atoms with E-state index in [2.05, 4.69) is 5.32 Å². The van der Waals surface area contributed by atoms with Crippen LogP contribution in [0.15, 0.2) is 24.3 Å². The molecule has 1 atom stereocenters. The van der Waals surface area contributed by atoms with Gasteiger partial charge in [0.2, 0.25) is 0 Å². The standard InChI is InChI=1S/C12H13NO5/c1-7(12(16)17)13-11(15)9-4-3-5-10(6-9)18-8(2)14/h3-7H,1-2H3,(H,13,15)(H,16,17)/t7-/m1/s1. The van der Waals surface area contributed by atoms with Crippen LogP contribution in [0.2, 0.25) is 0 Å². The summed E-state index contributed by atoms with van der Waals surface area (Å²) in [6.07, 6.45) is 0. The Labute approximate surface area is 104 Å². The first kappa shape index (κ1) is 13.7. The van der Waals surface area contributed by atoms with Crippen molar-refractivity contribution in [3.63, 3.8) is 0 Å². The zero-order valence-electron chi connectivity index (χ0n) is 9.97. The molecule has 2 N–H and O–H groups in total. The fourth-order valence-electron chi connectivity index (χ4n) is 1.21. The molecule has 0 aliphatic carbocycles. The Kier molecular flexibility index (Phi) is 4.42. The number of carbonyl (C=O) groups excluding carboxylic acids is 2. The van der Waals surface area contributed by atoms with E-state index in [1.807, 2.05) is 0 Å². The summed E-state index contributed by atoms with van der Waals surface area (Å²) >= 11 is 0. The van der Waals surface area contributed by atoms with Crippen LogP contribution in [0.3, 0.4) is 0 Å². The molecule has 0 unspecified atom stereocenters. The smallest absolute Gasteiger partial charge is 0.325 e. The van der Waals surface area contributed by atoms with Crippen LogP contribution in [0, 0.1) is 0 Å². The SMILES string of the molecule is CC(=O)Oc1cccc(C(=O)N[C@H](C)C(=O)O)c1. The van der Waals surface area contributed by atoms with E-state index in [1.165, 1.54) is 32.0 Å². The van der Waals surface area contributed by atoms with Crippen molar-refractivity contribution >= 4 is 17.8 Å². The van der Waals surface area contributed by atoms with Gasteiger partial charge in [-0.2, -0.15) is 0 Å². The molecule has 6 nitrogen and oxygen atoms in total. The maximum Gasteiger partial charge on any atom is 0.325 e. The normalized spacial score (nSPS) is 11.4. The lowest BCUT2D eigenvalue weighted by atomic mass is 10.2. The molecular formula is C12H13NO5. The van der Waals surface area contributed by atoms with Gasteiger partial charge < -0.3 is 15.2 Å². The molecule has 0 aliphatic heterocycles. The number of carbonyl (C=O) groups is 3. The van der Waals surface area contributed by atoms with Crippen LogP contribution < -0.4 is 10.1 Å². The second kappa shape index (κ2) is 5.81. The lowest BCUT2D eigenvalue weighted by Crippen LogP contribution is -2.38. The number of esters is 1. The Hall–Kier alpha value is -2.37. The Morgan fingerprint density at radius 2 is 2.00 bits per heavy atom. The molecule has 0 fully saturated rings. The first-order chi connectivity index (χ1) is 8.40. The Morgan fingerprint density at radius 3 is 2.56 bits per heavy atom. The predicted octanol–water partition coefficient (Wildman–Crippen LogP) is 0.815. The summed E-state index contributed by atoms with van der Waals surface area (Å²) in [6.45, 7) is 2.61. The quantitative estimate of drug-likeness (QED) is 0.610. The van der Waals surface area contributed by atoms with Gasteiger partial charge >= 0.3 is 11.9 Å². The van der Waals surface area contributed by atoms with Gasteiger partial charge in [-0.15, -0.1) is 0 Å². The Balaban J connectivity index is 2.80. The number of carboxylic acids is 1. The molecule has 0 heterocycles. The van der Waals surface area contributed by atoms with Gasteiger partial charge in [0.15, 0.2) is 0 Å². The largest absolute Gasteiger partial charge is 0.480 e. The number of amides is 1. The summed E-state index contributed by atoms with van der Waals surface area (Å²) in [4.78, 5) is 33.0. The van der Waals surface area contributed by atoms with Crippen molar-refractivity contribution in [2.75, 3.05) is 0 Å². The van der Waals surface area contributed by atoms with E-state index in [4.69, 9.17) is 9.84 Å². The highest BCUT2D eigenvalue weighted by molar-refractivity contribution is 5.96. The minimum atomic E-state index is -1.13. The number of aliphatic carboxylic acids is 1. The highest BCUT2D eigenvalue weighted by Crippen LogP contribution is 2.13. The third kappa shape index (κ3) is 3.89. The van der Waals surface area contributed by atoms with E-state index in [9.17, 15) is 14.4 Å². The van der Waals surface area contributed by atoms with Crippen molar-refractivity contribution in [1.29, 1.82) is 0 Å². The molecule has 1 aromatic carbocycles. The van der Waals surface area contributed by atoms with Gasteiger partial charge in [0.1, 0.15) is 11.8 Å². The molecule has 1 amide bonds. The second-order valence-electron chi connectivity index (χ2n) is 3.65. The average molecular weight is 251 g/mol. The zero-order valence-corrected chi connectivity index (χ0v) is 9.97. The zero-order chi connectivity index (χ0) is 13.7. The molecule has 0 radical (unpaired) electrons. The van der Waals surface area contributed by atoms with Gasteiger partial charge in [0.25, 0.3) is 5.91 Å². The number of carboxylic acid groups (broad SMARTS) is 1. The number of ether oxygens (including phenoxy) is 1. The van der Waals surface area contributed by atoms with E-state index in [-0.39, 0.29) is 11.3 Å². The number of benzene rings is 1. The van der Waals surface area contributed by atoms with Crippen LogP contribution in [0.4, 0.5) is 0 Å². The van der Waals surface area contributed by atoms with E-state index < -0.39 is 23.9 Å². The average Bonchev–Trinajstić information content (AvgIpc) is 2.28. The Bertz CT molecular complexity index is 483. The molecule has 1 rings (SSSR count). The predicted molar refractivity (Wildman–Crippen MR) is 62.3 cm³/mol. The van der Waals surface area contributed by atoms with Crippen LogP contribution in [0.5, 0.6) is 5.75 Å². The van der Waals surface area contributed by atoms with Crippen molar-refractivity contribution < 1.29 is 24.2 Å². The number of hydrogen-bond acceptors (Lipinski definition) is 4. The monoisotopic (exact) mass is 251 g/mol. The van der Waals surface area contributed by atoms with Crippen LogP contribution in [0.25, 0.3) is 0 Å². The Morgan fingerprint density at radius 1 is 1.33 bits per heavy atom.